The molecule has 1 aromatic rings. The summed E-state index contributed by atoms with van der Waals surface area (Å²) >= 11 is 0. The first-order valence-corrected chi connectivity index (χ1v) is 5.65. The number of hydrogen-bond donors (Lipinski definition) is 0. The van der Waals surface area contributed by atoms with Crippen LogP contribution >= 0.6 is 0 Å². The highest BCUT2D eigenvalue weighted by Gasteiger charge is 2.30. The van der Waals surface area contributed by atoms with E-state index in [2.05, 4.69) is 4.74 Å². The number of amides is 1. The third-order valence-electron chi connectivity index (χ3n) is 2.36. The van der Waals surface area contributed by atoms with E-state index in [9.17, 15) is 26.7 Å². The average molecular weight is 297 g/mol. The van der Waals surface area contributed by atoms with Gasteiger partial charge >= 0.3 is 12.3 Å². The molecule has 0 heterocycles. The lowest BCUT2D eigenvalue weighted by Gasteiger charge is -2.21. The Morgan fingerprint density at radius 3 is 2.40 bits per heavy atom. The van der Waals surface area contributed by atoms with Crippen molar-refractivity contribution in [2.24, 2.45) is 0 Å². The van der Waals surface area contributed by atoms with Crippen molar-refractivity contribution in [2.45, 2.75) is 19.6 Å². The van der Waals surface area contributed by atoms with E-state index in [0.717, 1.165) is 17.0 Å². The van der Waals surface area contributed by atoms with E-state index in [4.69, 9.17) is 0 Å². The molecule has 112 valence electrons. The molecule has 0 aliphatic rings. The van der Waals surface area contributed by atoms with Crippen molar-refractivity contribution < 1.29 is 31.5 Å². The third-order valence-corrected chi connectivity index (χ3v) is 2.36. The first kappa shape index (κ1) is 16.2. The van der Waals surface area contributed by atoms with Crippen LogP contribution in [0.2, 0.25) is 0 Å². The van der Waals surface area contributed by atoms with Gasteiger partial charge in [-0.15, -0.1) is 0 Å². The molecule has 1 amide bonds. The van der Waals surface area contributed by atoms with Crippen LogP contribution < -0.4 is 0 Å². The predicted octanol–water partition coefficient (Wildman–Crippen LogP) is 3.49. The summed E-state index contributed by atoms with van der Waals surface area (Å²) in [6.45, 7) is -0.283. The van der Waals surface area contributed by atoms with Gasteiger partial charge < -0.3 is 9.64 Å². The molecule has 1 aromatic carbocycles. The second kappa shape index (κ2) is 6.53. The number of ether oxygens (including phenoxy) is 1. The highest BCUT2D eigenvalue weighted by atomic mass is 19.4. The van der Waals surface area contributed by atoms with Crippen LogP contribution in [0.4, 0.5) is 26.7 Å². The Kier molecular flexibility index (Phi) is 5.29. The molecule has 0 fully saturated rings. The number of nitrogens with zero attached hydrogens (tertiary/aromatic N) is 1. The molecule has 0 atom stereocenters. The zero-order valence-electron chi connectivity index (χ0n) is 10.5. The van der Waals surface area contributed by atoms with E-state index in [-0.39, 0.29) is 18.7 Å². The number of carbonyl (C=O) groups is 1. The van der Waals surface area contributed by atoms with Crippen molar-refractivity contribution in [1.82, 2.24) is 4.90 Å². The maximum Gasteiger partial charge on any atom is 0.422 e. The number of halogens is 5. The molecular weight excluding hydrogens is 285 g/mol. The van der Waals surface area contributed by atoms with E-state index in [1.54, 1.807) is 0 Å². The van der Waals surface area contributed by atoms with Crippen LogP contribution in [-0.2, 0) is 11.3 Å². The molecule has 0 N–H and O–H groups in total. The first-order valence-electron chi connectivity index (χ1n) is 5.65. The van der Waals surface area contributed by atoms with Gasteiger partial charge in [0.1, 0.15) is 0 Å². The second-order valence-electron chi connectivity index (χ2n) is 3.93. The molecule has 1 rings (SSSR count). The molecule has 20 heavy (non-hydrogen) atoms. The zero-order chi connectivity index (χ0) is 15.3. The van der Waals surface area contributed by atoms with Crippen molar-refractivity contribution >= 4 is 6.09 Å². The molecule has 0 saturated carbocycles. The molecule has 0 aliphatic heterocycles. The van der Waals surface area contributed by atoms with Crippen LogP contribution in [0.1, 0.15) is 12.5 Å². The predicted molar refractivity (Wildman–Crippen MR) is 59.8 cm³/mol. The summed E-state index contributed by atoms with van der Waals surface area (Å²) in [5.41, 5.74) is 0.245. The molecule has 3 nitrogen and oxygen atoms in total. The van der Waals surface area contributed by atoms with E-state index in [1.165, 1.54) is 13.0 Å². The Morgan fingerprint density at radius 2 is 1.90 bits per heavy atom. The van der Waals surface area contributed by atoms with Gasteiger partial charge in [0.05, 0.1) is 0 Å². The number of alkyl halides is 3. The number of rotatable bonds is 4. The largest absolute Gasteiger partial charge is 0.440 e. The van der Waals surface area contributed by atoms with Crippen molar-refractivity contribution in [3.05, 3.63) is 35.4 Å². The highest BCUT2D eigenvalue weighted by Crippen LogP contribution is 2.16. The lowest BCUT2D eigenvalue weighted by Crippen LogP contribution is -2.33. The van der Waals surface area contributed by atoms with Crippen molar-refractivity contribution in [3.63, 3.8) is 0 Å². The van der Waals surface area contributed by atoms with E-state index >= 15 is 0 Å². The first-order chi connectivity index (χ1) is 9.23. The Morgan fingerprint density at radius 1 is 1.25 bits per heavy atom. The highest BCUT2D eigenvalue weighted by molar-refractivity contribution is 5.67. The number of carbonyl (C=O) groups excluding carboxylic acids is 1. The van der Waals surface area contributed by atoms with Crippen molar-refractivity contribution in [2.75, 3.05) is 13.2 Å². The van der Waals surface area contributed by atoms with Gasteiger partial charge in [-0.25, -0.2) is 13.6 Å². The molecule has 0 unspecified atom stereocenters. The zero-order valence-corrected chi connectivity index (χ0v) is 10.5. The SMILES string of the molecule is CCN(Cc1ccc(F)c(F)c1)C(=O)OCC(F)(F)F. The lowest BCUT2D eigenvalue weighted by atomic mass is 10.2. The summed E-state index contributed by atoms with van der Waals surface area (Å²) in [6.07, 6.45) is -5.79. The smallest absolute Gasteiger partial charge is 0.422 e. The quantitative estimate of drug-likeness (QED) is 0.796. The molecule has 8 heteroatoms. The van der Waals surface area contributed by atoms with Gasteiger partial charge in [-0.3, -0.25) is 0 Å². The van der Waals surface area contributed by atoms with Gasteiger partial charge in [0.2, 0.25) is 0 Å². The normalized spacial score (nSPS) is 11.3. The van der Waals surface area contributed by atoms with Crippen LogP contribution in [0.15, 0.2) is 18.2 Å². The van der Waals surface area contributed by atoms with E-state index in [1.807, 2.05) is 0 Å². The minimum absolute atomic E-state index is 0.0652. The van der Waals surface area contributed by atoms with Crippen molar-refractivity contribution in [1.29, 1.82) is 0 Å². The number of hydrogen-bond acceptors (Lipinski definition) is 2. The molecule has 0 radical (unpaired) electrons. The fraction of sp³-hybridized carbons (Fsp3) is 0.417. The number of benzene rings is 1. The lowest BCUT2D eigenvalue weighted by molar-refractivity contribution is -0.162. The summed E-state index contributed by atoms with van der Waals surface area (Å²) in [4.78, 5) is 12.4. The maximum atomic E-state index is 13.0. The monoisotopic (exact) mass is 297 g/mol. The Hall–Kier alpha value is -1.86. The molecule has 0 aliphatic carbocycles. The fourth-order valence-corrected chi connectivity index (χ4v) is 1.40. The molecule has 0 aromatic heterocycles. The summed E-state index contributed by atoms with van der Waals surface area (Å²) in [5, 5.41) is 0. The van der Waals surface area contributed by atoms with Gasteiger partial charge in [0.15, 0.2) is 18.2 Å². The van der Waals surface area contributed by atoms with Gasteiger partial charge in [-0.05, 0) is 24.6 Å². The molecule has 0 spiro atoms. The van der Waals surface area contributed by atoms with Crippen LogP contribution in [0.25, 0.3) is 0 Å². The Bertz CT molecular complexity index is 475. The Balaban J connectivity index is 2.66. The minimum atomic E-state index is -4.61. The topological polar surface area (TPSA) is 29.5 Å². The maximum absolute atomic E-state index is 13.0. The van der Waals surface area contributed by atoms with Crippen LogP contribution in [-0.4, -0.2) is 30.3 Å². The van der Waals surface area contributed by atoms with Crippen molar-refractivity contribution in [3.8, 4) is 0 Å². The fourth-order valence-electron chi connectivity index (χ4n) is 1.40. The van der Waals surface area contributed by atoms with Crippen LogP contribution in [0.3, 0.4) is 0 Å². The summed E-state index contributed by atoms with van der Waals surface area (Å²) in [7, 11) is 0. The van der Waals surface area contributed by atoms with Gasteiger partial charge in [-0.2, -0.15) is 13.2 Å². The molecular formula is C12H12F5NO2. The second-order valence-corrected chi connectivity index (χ2v) is 3.93. The van der Waals surface area contributed by atoms with Crippen LogP contribution in [0.5, 0.6) is 0 Å². The van der Waals surface area contributed by atoms with Gasteiger partial charge in [-0.1, -0.05) is 6.07 Å². The van der Waals surface area contributed by atoms with E-state index < -0.39 is 30.5 Å². The standard InChI is InChI=1S/C12H12F5NO2/c1-2-18(11(19)20-7-12(15,16)17)6-8-3-4-9(13)10(14)5-8/h3-5H,2,6-7H2,1H3. The van der Waals surface area contributed by atoms with Crippen LogP contribution in [0, 0.1) is 11.6 Å². The molecule has 0 saturated heterocycles. The van der Waals surface area contributed by atoms with Gasteiger partial charge in [0.25, 0.3) is 0 Å². The molecule has 0 bridgehead atoms. The summed E-state index contributed by atoms with van der Waals surface area (Å²) in [6, 6.07) is 2.98. The minimum Gasteiger partial charge on any atom is -0.440 e. The summed E-state index contributed by atoms with van der Waals surface area (Å²) in [5.74, 6) is -2.14. The van der Waals surface area contributed by atoms with E-state index in [0.29, 0.717) is 0 Å². The van der Waals surface area contributed by atoms with Gasteiger partial charge in [0, 0.05) is 13.1 Å². The Labute approximate surface area is 111 Å². The average Bonchev–Trinajstić information content (AvgIpc) is 2.36. The third kappa shape index (κ3) is 5.02. The summed E-state index contributed by atoms with van der Waals surface area (Å²) < 4.78 is 65.5.